The van der Waals surface area contributed by atoms with E-state index >= 15 is 0 Å². The quantitative estimate of drug-likeness (QED) is 0.697. The molecular formula is C13H24N2. The fraction of sp³-hybridized carbons (Fsp3) is 0.846. The maximum atomic E-state index is 4.04. The van der Waals surface area contributed by atoms with Crippen LogP contribution in [-0.4, -0.2) is 36.6 Å². The second-order valence-electron chi connectivity index (χ2n) is 5.26. The first-order valence-corrected chi connectivity index (χ1v) is 6.37. The van der Waals surface area contributed by atoms with Crippen molar-refractivity contribution in [2.24, 2.45) is 0 Å². The summed E-state index contributed by atoms with van der Waals surface area (Å²) in [5, 5.41) is 3.63. The lowest BCUT2D eigenvalue weighted by molar-refractivity contribution is 0.230. The van der Waals surface area contributed by atoms with Crippen LogP contribution in [0, 0.1) is 0 Å². The summed E-state index contributed by atoms with van der Waals surface area (Å²) >= 11 is 0. The minimum atomic E-state index is 0.735. The molecule has 86 valence electrons. The lowest BCUT2D eigenvalue weighted by atomic mass is 10.0. The number of nitrogens with one attached hydrogen (secondary N) is 1. The molecule has 2 rings (SSSR count). The highest BCUT2D eigenvalue weighted by atomic mass is 15.2. The normalized spacial score (nSPS) is 26.9. The van der Waals surface area contributed by atoms with Crippen LogP contribution in [0.5, 0.6) is 0 Å². The number of hydrogen-bond acceptors (Lipinski definition) is 2. The van der Waals surface area contributed by atoms with Crippen LogP contribution in [0.15, 0.2) is 12.2 Å². The molecule has 0 radical (unpaired) electrons. The predicted molar refractivity (Wildman–Crippen MR) is 65.1 cm³/mol. The lowest BCUT2D eigenvalue weighted by Gasteiger charge is -2.30. The molecule has 1 atom stereocenters. The van der Waals surface area contributed by atoms with E-state index in [9.17, 15) is 0 Å². The van der Waals surface area contributed by atoms with Gasteiger partial charge >= 0.3 is 0 Å². The van der Waals surface area contributed by atoms with Gasteiger partial charge in [-0.2, -0.15) is 0 Å². The molecule has 0 amide bonds. The summed E-state index contributed by atoms with van der Waals surface area (Å²) in [6, 6.07) is 1.60. The third-order valence-corrected chi connectivity index (χ3v) is 3.40. The zero-order chi connectivity index (χ0) is 10.7. The van der Waals surface area contributed by atoms with Crippen molar-refractivity contribution in [1.82, 2.24) is 10.2 Å². The highest BCUT2D eigenvalue weighted by Crippen LogP contribution is 2.28. The van der Waals surface area contributed by atoms with Gasteiger partial charge in [-0.25, -0.2) is 0 Å². The van der Waals surface area contributed by atoms with Crippen LogP contribution in [-0.2, 0) is 0 Å². The smallest absolute Gasteiger partial charge is 0.0195 e. The van der Waals surface area contributed by atoms with Crippen molar-refractivity contribution in [3.05, 3.63) is 12.2 Å². The predicted octanol–water partition coefficient (Wildman–Crippen LogP) is 2.17. The molecule has 1 aliphatic carbocycles. The molecule has 15 heavy (non-hydrogen) atoms. The summed E-state index contributed by atoms with van der Waals surface area (Å²) in [6.07, 6.45) is 6.93. The standard InChI is InChI=1S/C13H24N2/c1-11(2)9-15(13-6-7-13)10-12-5-3-4-8-14-12/h12-14H,1,3-10H2,2H3. The Kier molecular flexibility index (Phi) is 3.81. The molecule has 0 spiro atoms. The van der Waals surface area contributed by atoms with Crippen molar-refractivity contribution in [1.29, 1.82) is 0 Å². The number of nitrogens with zero attached hydrogens (tertiary/aromatic N) is 1. The number of rotatable bonds is 5. The maximum absolute atomic E-state index is 4.04. The summed E-state index contributed by atoms with van der Waals surface area (Å²) in [5.74, 6) is 0. The SMILES string of the molecule is C=C(C)CN(CC1CCCCN1)C1CC1. The summed E-state index contributed by atoms with van der Waals surface area (Å²) < 4.78 is 0. The topological polar surface area (TPSA) is 15.3 Å². The first kappa shape index (κ1) is 11.2. The third-order valence-electron chi connectivity index (χ3n) is 3.40. The van der Waals surface area contributed by atoms with Gasteiger partial charge in [0.1, 0.15) is 0 Å². The van der Waals surface area contributed by atoms with Gasteiger partial charge in [-0.3, -0.25) is 4.90 Å². The Labute approximate surface area is 93.7 Å². The van der Waals surface area contributed by atoms with E-state index < -0.39 is 0 Å². The highest BCUT2D eigenvalue weighted by Gasteiger charge is 2.30. The van der Waals surface area contributed by atoms with Gasteiger partial charge in [-0.1, -0.05) is 18.6 Å². The Morgan fingerprint density at radius 2 is 2.13 bits per heavy atom. The molecule has 0 aromatic rings. The van der Waals surface area contributed by atoms with Crippen molar-refractivity contribution in [2.75, 3.05) is 19.6 Å². The van der Waals surface area contributed by atoms with Gasteiger partial charge in [-0.15, -0.1) is 0 Å². The Morgan fingerprint density at radius 1 is 1.33 bits per heavy atom. The third kappa shape index (κ3) is 3.62. The van der Waals surface area contributed by atoms with Gasteiger partial charge < -0.3 is 5.32 Å². The fourth-order valence-corrected chi connectivity index (χ4v) is 2.49. The lowest BCUT2D eigenvalue weighted by Crippen LogP contribution is -2.44. The van der Waals surface area contributed by atoms with Gasteiger partial charge in [0.25, 0.3) is 0 Å². The molecule has 1 saturated carbocycles. The molecule has 2 nitrogen and oxygen atoms in total. The van der Waals surface area contributed by atoms with Crippen LogP contribution >= 0.6 is 0 Å². The molecule has 1 aliphatic heterocycles. The summed E-state index contributed by atoms with van der Waals surface area (Å²) in [6.45, 7) is 9.73. The van der Waals surface area contributed by atoms with E-state index in [1.165, 1.54) is 50.8 Å². The summed E-state index contributed by atoms with van der Waals surface area (Å²) in [7, 11) is 0. The Balaban J connectivity index is 1.79. The second-order valence-corrected chi connectivity index (χ2v) is 5.26. The summed E-state index contributed by atoms with van der Waals surface area (Å²) in [5.41, 5.74) is 1.30. The van der Waals surface area contributed by atoms with Crippen LogP contribution in [0.2, 0.25) is 0 Å². The van der Waals surface area contributed by atoms with Gasteiger partial charge in [0, 0.05) is 25.2 Å². The van der Waals surface area contributed by atoms with Crippen LogP contribution in [0.1, 0.15) is 39.0 Å². The van der Waals surface area contributed by atoms with E-state index in [1.54, 1.807) is 0 Å². The average Bonchev–Trinajstić information content (AvgIpc) is 3.01. The Bertz CT molecular complexity index is 215. The molecule has 1 heterocycles. The number of hydrogen-bond donors (Lipinski definition) is 1. The highest BCUT2D eigenvalue weighted by molar-refractivity contribution is 4.97. The molecule has 0 aromatic heterocycles. The molecule has 2 fully saturated rings. The molecule has 1 unspecified atom stereocenters. The maximum Gasteiger partial charge on any atom is 0.0195 e. The molecule has 0 aromatic carbocycles. The average molecular weight is 208 g/mol. The van der Waals surface area contributed by atoms with Crippen molar-refractivity contribution >= 4 is 0 Å². The summed E-state index contributed by atoms with van der Waals surface area (Å²) in [4.78, 5) is 2.63. The van der Waals surface area contributed by atoms with Crippen molar-refractivity contribution in [3.8, 4) is 0 Å². The van der Waals surface area contributed by atoms with Crippen LogP contribution < -0.4 is 5.32 Å². The van der Waals surface area contributed by atoms with Gasteiger partial charge in [0.2, 0.25) is 0 Å². The van der Waals surface area contributed by atoms with Crippen LogP contribution in [0.4, 0.5) is 0 Å². The van der Waals surface area contributed by atoms with E-state index in [1.807, 2.05) is 0 Å². The van der Waals surface area contributed by atoms with E-state index in [2.05, 4.69) is 23.7 Å². The molecule has 2 aliphatic rings. The van der Waals surface area contributed by atoms with Crippen molar-refractivity contribution < 1.29 is 0 Å². The monoisotopic (exact) mass is 208 g/mol. The second kappa shape index (κ2) is 5.13. The first-order chi connectivity index (χ1) is 7.25. The van der Waals surface area contributed by atoms with Crippen molar-refractivity contribution in [3.63, 3.8) is 0 Å². The molecule has 2 heteroatoms. The Morgan fingerprint density at radius 3 is 2.67 bits per heavy atom. The van der Waals surface area contributed by atoms with Gasteiger partial charge in [-0.05, 0) is 39.2 Å². The zero-order valence-corrected chi connectivity index (χ0v) is 9.97. The molecule has 0 bridgehead atoms. The molecular weight excluding hydrogens is 184 g/mol. The van der Waals surface area contributed by atoms with Gasteiger partial charge in [0.05, 0.1) is 0 Å². The molecule has 1 saturated heterocycles. The van der Waals surface area contributed by atoms with E-state index in [4.69, 9.17) is 0 Å². The first-order valence-electron chi connectivity index (χ1n) is 6.37. The fourth-order valence-electron chi connectivity index (χ4n) is 2.49. The minimum absolute atomic E-state index is 0.735. The van der Waals surface area contributed by atoms with E-state index in [0.29, 0.717) is 0 Å². The zero-order valence-electron chi connectivity index (χ0n) is 9.97. The molecule has 1 N–H and O–H groups in total. The van der Waals surface area contributed by atoms with E-state index in [-0.39, 0.29) is 0 Å². The van der Waals surface area contributed by atoms with E-state index in [0.717, 1.165) is 18.6 Å². The number of piperidine rings is 1. The Hall–Kier alpha value is -0.340. The van der Waals surface area contributed by atoms with Crippen molar-refractivity contribution in [2.45, 2.75) is 51.1 Å². The van der Waals surface area contributed by atoms with Crippen LogP contribution in [0.3, 0.4) is 0 Å². The van der Waals surface area contributed by atoms with Crippen LogP contribution in [0.25, 0.3) is 0 Å². The minimum Gasteiger partial charge on any atom is -0.313 e. The largest absolute Gasteiger partial charge is 0.313 e. The van der Waals surface area contributed by atoms with Gasteiger partial charge in [0.15, 0.2) is 0 Å².